The second kappa shape index (κ2) is 7.96. The van der Waals surface area contributed by atoms with Crippen LogP contribution in [0.3, 0.4) is 0 Å². The van der Waals surface area contributed by atoms with Crippen molar-refractivity contribution in [3.05, 3.63) is 29.1 Å². The lowest BCUT2D eigenvalue weighted by Crippen LogP contribution is -2.38. The molecule has 0 saturated heterocycles. The Bertz CT molecular complexity index is 714. The smallest absolute Gasteiger partial charge is 0.341 e. The molecule has 0 unspecified atom stereocenters. The van der Waals surface area contributed by atoms with Crippen LogP contribution in [0.2, 0.25) is 0 Å². The summed E-state index contributed by atoms with van der Waals surface area (Å²) in [6.07, 6.45) is 2.67. The zero-order valence-corrected chi connectivity index (χ0v) is 16.8. The van der Waals surface area contributed by atoms with Crippen LogP contribution < -0.4 is 4.74 Å². The van der Waals surface area contributed by atoms with Crippen molar-refractivity contribution in [2.75, 3.05) is 6.61 Å². The topological polar surface area (TPSA) is 35.5 Å². The first-order valence-corrected chi connectivity index (χ1v) is 10.1. The fourth-order valence-corrected chi connectivity index (χ4v) is 3.80. The maximum absolute atomic E-state index is 14.6. The average Bonchev–Trinajstić information content (AvgIpc) is 3.44. The number of ether oxygens (including phenoxy) is 2. The van der Waals surface area contributed by atoms with Gasteiger partial charge < -0.3 is 9.47 Å². The van der Waals surface area contributed by atoms with E-state index in [0.717, 1.165) is 38.2 Å². The van der Waals surface area contributed by atoms with Gasteiger partial charge >= 0.3 is 5.97 Å². The van der Waals surface area contributed by atoms with E-state index in [9.17, 15) is 18.0 Å². The Balaban J connectivity index is 1.83. The molecule has 0 bridgehead atoms. The van der Waals surface area contributed by atoms with Gasteiger partial charge in [0.05, 0.1) is 17.6 Å². The van der Waals surface area contributed by atoms with Crippen LogP contribution in [0, 0.1) is 11.2 Å². The van der Waals surface area contributed by atoms with E-state index in [2.05, 4.69) is 0 Å². The molecule has 3 nitrogen and oxygen atoms in total. The minimum absolute atomic E-state index is 0.129. The molecular formula is C22H29F3O3. The van der Waals surface area contributed by atoms with Crippen molar-refractivity contribution in [1.82, 2.24) is 0 Å². The van der Waals surface area contributed by atoms with Gasteiger partial charge in [-0.15, -0.1) is 0 Å². The second-order valence-corrected chi connectivity index (χ2v) is 9.16. The minimum Gasteiger partial charge on any atom is -0.492 e. The Labute approximate surface area is 164 Å². The lowest BCUT2D eigenvalue weighted by Gasteiger charge is -2.36. The average molecular weight is 398 g/mol. The Morgan fingerprint density at radius 3 is 2.36 bits per heavy atom. The fourth-order valence-electron chi connectivity index (χ4n) is 3.80. The third-order valence-corrected chi connectivity index (χ3v) is 5.56. The molecule has 0 amide bonds. The summed E-state index contributed by atoms with van der Waals surface area (Å²) in [5, 5.41) is 0. The van der Waals surface area contributed by atoms with E-state index in [1.54, 1.807) is 20.8 Å². The summed E-state index contributed by atoms with van der Waals surface area (Å²) in [5.41, 5.74) is -1.32. The highest BCUT2D eigenvalue weighted by molar-refractivity contribution is 5.90. The monoisotopic (exact) mass is 398 g/mol. The zero-order chi connectivity index (χ0) is 20.5. The molecule has 1 aromatic carbocycles. The summed E-state index contributed by atoms with van der Waals surface area (Å²) in [4.78, 5) is 12.3. The van der Waals surface area contributed by atoms with E-state index in [1.807, 2.05) is 0 Å². The molecule has 0 aliphatic heterocycles. The number of benzene rings is 1. The summed E-state index contributed by atoms with van der Waals surface area (Å²) in [6, 6.07) is 2.64. The Hall–Kier alpha value is -1.72. The van der Waals surface area contributed by atoms with Gasteiger partial charge in [0.2, 0.25) is 6.43 Å². The number of hydrogen-bond acceptors (Lipinski definition) is 3. The van der Waals surface area contributed by atoms with Crippen molar-refractivity contribution in [3.63, 3.8) is 0 Å². The standard InChI is InChI=1S/C22H29F3O3/c1-21(2,3)28-19(26)16-11-15(14-7-8-14)18(12-17(16)23)27-13-22(20(24)25)9-5-4-6-10-22/h11-12,14,20H,4-10,13H2,1-3H3. The van der Waals surface area contributed by atoms with Crippen LogP contribution >= 0.6 is 0 Å². The predicted octanol–water partition coefficient (Wildman–Crippen LogP) is 6.25. The maximum atomic E-state index is 14.6. The molecule has 2 fully saturated rings. The van der Waals surface area contributed by atoms with Crippen molar-refractivity contribution in [2.45, 2.75) is 83.7 Å². The quantitative estimate of drug-likeness (QED) is 0.531. The molecule has 28 heavy (non-hydrogen) atoms. The number of alkyl halides is 2. The Morgan fingerprint density at radius 2 is 1.82 bits per heavy atom. The molecule has 6 heteroatoms. The SMILES string of the molecule is CC(C)(C)OC(=O)c1cc(C2CC2)c(OCC2(C(F)F)CCCCC2)cc1F. The van der Waals surface area contributed by atoms with Crippen LogP contribution in [0.15, 0.2) is 12.1 Å². The highest BCUT2D eigenvalue weighted by Crippen LogP contribution is 2.47. The van der Waals surface area contributed by atoms with Gasteiger partial charge in [0.25, 0.3) is 0 Å². The van der Waals surface area contributed by atoms with E-state index in [1.165, 1.54) is 6.07 Å². The highest BCUT2D eigenvalue weighted by Gasteiger charge is 2.42. The summed E-state index contributed by atoms with van der Waals surface area (Å²) >= 11 is 0. The fraction of sp³-hybridized carbons (Fsp3) is 0.682. The van der Waals surface area contributed by atoms with Gasteiger partial charge in [-0.2, -0.15) is 0 Å². The highest BCUT2D eigenvalue weighted by atomic mass is 19.3. The number of halogens is 3. The predicted molar refractivity (Wildman–Crippen MR) is 101 cm³/mol. The van der Waals surface area contributed by atoms with Gasteiger partial charge in [-0.25, -0.2) is 18.0 Å². The van der Waals surface area contributed by atoms with Crippen LogP contribution in [0.25, 0.3) is 0 Å². The van der Waals surface area contributed by atoms with Crippen molar-refractivity contribution in [1.29, 1.82) is 0 Å². The lowest BCUT2D eigenvalue weighted by atomic mass is 9.75. The largest absolute Gasteiger partial charge is 0.492 e. The molecule has 2 aliphatic carbocycles. The van der Waals surface area contributed by atoms with Gasteiger partial charge in [-0.05, 0) is 64.0 Å². The molecule has 0 N–H and O–H groups in total. The van der Waals surface area contributed by atoms with Crippen molar-refractivity contribution >= 4 is 5.97 Å². The van der Waals surface area contributed by atoms with E-state index in [0.29, 0.717) is 18.4 Å². The van der Waals surface area contributed by atoms with Crippen molar-refractivity contribution in [3.8, 4) is 5.75 Å². The third-order valence-electron chi connectivity index (χ3n) is 5.56. The molecule has 2 aliphatic rings. The van der Waals surface area contributed by atoms with Gasteiger partial charge in [0.1, 0.15) is 17.2 Å². The molecule has 0 radical (unpaired) electrons. The molecule has 0 heterocycles. The van der Waals surface area contributed by atoms with Gasteiger partial charge in [-0.1, -0.05) is 19.3 Å². The van der Waals surface area contributed by atoms with E-state index in [4.69, 9.17) is 9.47 Å². The first-order chi connectivity index (χ1) is 13.1. The normalized spacial score (nSPS) is 19.5. The Kier molecular flexibility index (Phi) is 5.97. The summed E-state index contributed by atoms with van der Waals surface area (Å²) < 4.78 is 53.2. The lowest BCUT2D eigenvalue weighted by molar-refractivity contribution is -0.0587. The third kappa shape index (κ3) is 4.81. The number of carbonyl (C=O) groups excluding carboxylic acids is 1. The molecule has 2 saturated carbocycles. The molecular weight excluding hydrogens is 369 g/mol. The zero-order valence-electron chi connectivity index (χ0n) is 16.8. The van der Waals surface area contributed by atoms with Gasteiger partial charge in [0.15, 0.2) is 0 Å². The van der Waals surface area contributed by atoms with E-state index in [-0.39, 0.29) is 23.8 Å². The van der Waals surface area contributed by atoms with Crippen LogP contribution in [0.4, 0.5) is 13.2 Å². The van der Waals surface area contributed by atoms with Crippen LogP contribution in [0.5, 0.6) is 5.75 Å². The summed E-state index contributed by atoms with van der Waals surface area (Å²) in [7, 11) is 0. The molecule has 0 atom stereocenters. The summed E-state index contributed by atoms with van der Waals surface area (Å²) in [6.45, 7) is 5.03. The van der Waals surface area contributed by atoms with E-state index < -0.39 is 29.2 Å². The molecule has 3 rings (SSSR count). The first-order valence-electron chi connectivity index (χ1n) is 10.1. The van der Waals surface area contributed by atoms with Gasteiger partial charge in [-0.3, -0.25) is 0 Å². The number of carbonyl (C=O) groups is 1. The number of esters is 1. The molecule has 0 spiro atoms. The first kappa shape index (κ1) is 21.0. The maximum Gasteiger partial charge on any atom is 0.341 e. The Morgan fingerprint density at radius 1 is 1.18 bits per heavy atom. The van der Waals surface area contributed by atoms with Gasteiger partial charge in [0, 0.05) is 6.07 Å². The number of rotatable bonds is 6. The van der Waals surface area contributed by atoms with Crippen LogP contribution in [-0.2, 0) is 4.74 Å². The summed E-state index contributed by atoms with van der Waals surface area (Å²) in [5.74, 6) is -1.03. The second-order valence-electron chi connectivity index (χ2n) is 9.16. The minimum atomic E-state index is -2.47. The molecule has 1 aromatic rings. The molecule has 156 valence electrons. The van der Waals surface area contributed by atoms with E-state index >= 15 is 0 Å². The van der Waals surface area contributed by atoms with Crippen molar-refractivity contribution < 1.29 is 27.4 Å². The van der Waals surface area contributed by atoms with Crippen molar-refractivity contribution in [2.24, 2.45) is 5.41 Å². The number of hydrogen-bond donors (Lipinski definition) is 0. The molecule has 0 aromatic heterocycles. The van der Waals surface area contributed by atoms with Crippen LogP contribution in [-0.4, -0.2) is 24.6 Å². The van der Waals surface area contributed by atoms with Crippen LogP contribution in [0.1, 0.15) is 87.6 Å².